The highest BCUT2D eigenvalue weighted by atomic mass is 31.2. The number of carbonyl (C=O) groups excluding carboxylic acids is 1. The van der Waals surface area contributed by atoms with Gasteiger partial charge in [-0.1, -0.05) is 0 Å². The molecule has 0 amide bonds. The van der Waals surface area contributed by atoms with Gasteiger partial charge >= 0.3 is 15.6 Å². The molecule has 0 aromatic carbocycles. The molecule has 0 aromatic rings. The molecule has 0 saturated carbocycles. The van der Waals surface area contributed by atoms with Crippen LogP contribution < -0.4 is 0 Å². The Labute approximate surface area is 112 Å². The molecule has 12 nitrogen and oxygen atoms in total. The Kier molecular flexibility index (Phi) is 7.60. The van der Waals surface area contributed by atoms with Gasteiger partial charge in [-0.2, -0.15) is 0 Å². The van der Waals surface area contributed by atoms with Crippen molar-refractivity contribution in [2.45, 2.75) is 18.3 Å². The summed E-state index contributed by atoms with van der Waals surface area (Å²) in [6, 6.07) is 0. The third kappa shape index (κ3) is 7.53. The number of aliphatic hydroxyl groups is 3. The van der Waals surface area contributed by atoms with Gasteiger partial charge in [-0.15, -0.1) is 0 Å². The molecule has 0 spiro atoms. The standard InChI is InChI=1S/C6H14O12P2/c7-1-3(9)5(17-19(11,12)13)6(4(10)2-8)18-20(14,15)16/h3,5-9H,1-2H2,(H2,11,12,13)(H2,14,15,16)/t3-,5-,6-/m1/s1. The van der Waals surface area contributed by atoms with E-state index in [0.717, 1.165) is 0 Å². The SMILES string of the molecule is O=C(CO)[C@@H](OP(=O)(O)O)[C@H](OP(=O)(O)O)[C@H](O)CO. The zero-order valence-corrected chi connectivity index (χ0v) is 11.5. The number of carbonyl (C=O) groups is 1. The number of phosphoric acid groups is 2. The summed E-state index contributed by atoms with van der Waals surface area (Å²) in [5, 5.41) is 26.6. The highest BCUT2D eigenvalue weighted by Gasteiger charge is 2.42. The van der Waals surface area contributed by atoms with Gasteiger partial charge in [0.15, 0.2) is 11.9 Å². The fourth-order valence-electron chi connectivity index (χ4n) is 1.13. The molecule has 7 N–H and O–H groups in total. The fourth-order valence-corrected chi connectivity index (χ4v) is 2.23. The number of hydrogen-bond donors (Lipinski definition) is 7. The molecule has 0 radical (unpaired) electrons. The summed E-state index contributed by atoms with van der Waals surface area (Å²) in [6.07, 6.45) is -6.83. The monoisotopic (exact) mass is 340 g/mol. The van der Waals surface area contributed by atoms with Crippen LogP contribution in [0, 0.1) is 0 Å². The molecule has 120 valence electrons. The van der Waals surface area contributed by atoms with Crippen LogP contribution in [0.25, 0.3) is 0 Å². The average molecular weight is 340 g/mol. The van der Waals surface area contributed by atoms with Gasteiger partial charge in [0.05, 0.1) is 6.61 Å². The highest BCUT2D eigenvalue weighted by molar-refractivity contribution is 7.46. The minimum Gasteiger partial charge on any atom is -0.394 e. The molecule has 3 atom stereocenters. The second-order valence-electron chi connectivity index (χ2n) is 3.45. The normalized spacial score (nSPS) is 17.6. The molecule has 0 aliphatic carbocycles. The third-order valence-electron chi connectivity index (χ3n) is 1.85. The van der Waals surface area contributed by atoms with Gasteiger partial charge in [0.2, 0.25) is 0 Å². The first-order valence-corrected chi connectivity index (χ1v) is 7.87. The summed E-state index contributed by atoms with van der Waals surface area (Å²) in [7, 11) is -10.6. The quantitative estimate of drug-likeness (QED) is 0.207. The summed E-state index contributed by atoms with van der Waals surface area (Å²) in [4.78, 5) is 45.7. The molecular formula is C6H14O12P2. The predicted molar refractivity (Wildman–Crippen MR) is 59.0 cm³/mol. The van der Waals surface area contributed by atoms with E-state index in [0.29, 0.717) is 0 Å². The smallest absolute Gasteiger partial charge is 0.394 e. The Morgan fingerprint density at radius 3 is 1.75 bits per heavy atom. The predicted octanol–water partition coefficient (Wildman–Crippen LogP) is -3.14. The Balaban J connectivity index is 5.44. The van der Waals surface area contributed by atoms with E-state index in [2.05, 4.69) is 9.05 Å². The molecule has 0 fully saturated rings. The van der Waals surface area contributed by atoms with E-state index in [1.54, 1.807) is 0 Å². The van der Waals surface area contributed by atoms with Crippen molar-refractivity contribution in [3.63, 3.8) is 0 Å². The molecule has 0 aliphatic rings. The summed E-state index contributed by atoms with van der Waals surface area (Å²) < 4.78 is 29.3. The lowest BCUT2D eigenvalue weighted by molar-refractivity contribution is -0.140. The maximum atomic E-state index is 11.3. The van der Waals surface area contributed by atoms with Crippen molar-refractivity contribution in [3.05, 3.63) is 0 Å². The lowest BCUT2D eigenvalue weighted by Gasteiger charge is -2.28. The number of Topliss-reactive ketones (excluding diaryl/α,β-unsaturated/α-hetero) is 1. The molecule has 20 heavy (non-hydrogen) atoms. The minimum absolute atomic E-state index is 1.16. The van der Waals surface area contributed by atoms with Crippen molar-refractivity contribution in [2.75, 3.05) is 13.2 Å². The van der Waals surface area contributed by atoms with Crippen molar-refractivity contribution in [1.82, 2.24) is 0 Å². The van der Waals surface area contributed by atoms with Crippen LogP contribution in [0.4, 0.5) is 0 Å². The zero-order chi connectivity index (χ0) is 16.1. The van der Waals surface area contributed by atoms with Crippen LogP contribution in [0.15, 0.2) is 0 Å². The second-order valence-corrected chi connectivity index (χ2v) is 5.84. The maximum absolute atomic E-state index is 11.3. The number of ketones is 1. The second kappa shape index (κ2) is 7.69. The maximum Gasteiger partial charge on any atom is 0.470 e. The van der Waals surface area contributed by atoms with Gasteiger partial charge in [-0.3, -0.25) is 13.8 Å². The van der Waals surface area contributed by atoms with Crippen molar-refractivity contribution in [2.24, 2.45) is 0 Å². The number of hydrogen-bond acceptors (Lipinski definition) is 8. The van der Waals surface area contributed by atoms with Gasteiger partial charge in [0.25, 0.3) is 0 Å². The van der Waals surface area contributed by atoms with E-state index < -0.39 is 53.0 Å². The minimum atomic E-state index is -5.32. The van der Waals surface area contributed by atoms with E-state index >= 15 is 0 Å². The Morgan fingerprint density at radius 1 is 1.00 bits per heavy atom. The van der Waals surface area contributed by atoms with E-state index in [1.807, 2.05) is 0 Å². The molecule has 14 heteroatoms. The van der Waals surface area contributed by atoms with Gasteiger partial charge in [-0.05, 0) is 0 Å². The zero-order valence-electron chi connectivity index (χ0n) is 9.71. The molecular weight excluding hydrogens is 326 g/mol. The molecule has 0 saturated heterocycles. The Bertz CT molecular complexity index is 410. The summed E-state index contributed by atoms with van der Waals surface area (Å²) in [5.74, 6) is -1.43. The third-order valence-corrected chi connectivity index (χ3v) is 2.87. The van der Waals surface area contributed by atoms with Crippen LogP contribution in [0.1, 0.15) is 0 Å². The number of aliphatic hydroxyl groups excluding tert-OH is 3. The van der Waals surface area contributed by atoms with Crippen molar-refractivity contribution in [3.8, 4) is 0 Å². The van der Waals surface area contributed by atoms with E-state index in [4.69, 9.17) is 29.8 Å². The van der Waals surface area contributed by atoms with Gasteiger partial charge < -0.3 is 34.9 Å². The van der Waals surface area contributed by atoms with Crippen LogP contribution in [-0.2, 0) is 23.0 Å². The van der Waals surface area contributed by atoms with Crippen molar-refractivity contribution in [1.29, 1.82) is 0 Å². The Hall–Kier alpha value is -0.230. The van der Waals surface area contributed by atoms with Crippen molar-refractivity contribution >= 4 is 21.4 Å². The van der Waals surface area contributed by atoms with Gasteiger partial charge in [0.1, 0.15) is 18.8 Å². The van der Waals surface area contributed by atoms with Crippen LogP contribution in [-0.4, -0.2) is 72.2 Å². The van der Waals surface area contributed by atoms with E-state index in [9.17, 15) is 19.0 Å². The molecule has 0 unspecified atom stereocenters. The van der Waals surface area contributed by atoms with Gasteiger partial charge in [0, 0.05) is 0 Å². The largest absolute Gasteiger partial charge is 0.470 e. The number of rotatable bonds is 9. The first kappa shape index (κ1) is 19.8. The van der Waals surface area contributed by atoms with Crippen LogP contribution in [0.3, 0.4) is 0 Å². The lowest BCUT2D eigenvalue weighted by Crippen LogP contribution is -2.47. The molecule has 0 bridgehead atoms. The Morgan fingerprint density at radius 2 is 1.45 bits per heavy atom. The average Bonchev–Trinajstić information content (AvgIpc) is 2.29. The summed E-state index contributed by atoms with van der Waals surface area (Å²) in [5.41, 5.74) is 0. The number of phosphoric ester groups is 2. The fraction of sp³-hybridized carbons (Fsp3) is 0.833. The molecule has 0 aromatic heterocycles. The summed E-state index contributed by atoms with van der Waals surface area (Å²) >= 11 is 0. The molecule has 0 aliphatic heterocycles. The topological polar surface area (TPSA) is 211 Å². The highest BCUT2D eigenvalue weighted by Crippen LogP contribution is 2.43. The first-order chi connectivity index (χ1) is 8.91. The van der Waals surface area contributed by atoms with E-state index in [1.165, 1.54) is 0 Å². The van der Waals surface area contributed by atoms with E-state index in [-0.39, 0.29) is 0 Å². The molecule has 0 rings (SSSR count). The van der Waals surface area contributed by atoms with Crippen LogP contribution >= 0.6 is 15.6 Å². The lowest BCUT2D eigenvalue weighted by atomic mass is 10.1. The molecule has 0 heterocycles. The summed E-state index contributed by atoms with van der Waals surface area (Å²) in [6.45, 7) is -2.48. The van der Waals surface area contributed by atoms with Crippen LogP contribution in [0.5, 0.6) is 0 Å². The first-order valence-electron chi connectivity index (χ1n) is 4.81. The van der Waals surface area contributed by atoms with Crippen molar-refractivity contribution < 1.29 is 57.9 Å². The van der Waals surface area contributed by atoms with Gasteiger partial charge in [-0.25, -0.2) is 9.13 Å². The van der Waals surface area contributed by atoms with Crippen LogP contribution in [0.2, 0.25) is 0 Å².